The Labute approximate surface area is 172 Å². The molecule has 0 unspecified atom stereocenters. The van der Waals surface area contributed by atoms with Crippen molar-refractivity contribution in [1.82, 2.24) is 9.80 Å². The van der Waals surface area contributed by atoms with Gasteiger partial charge in [-0.3, -0.25) is 4.90 Å². The number of benzene rings is 2. The van der Waals surface area contributed by atoms with E-state index in [-0.39, 0.29) is 5.02 Å². The van der Waals surface area contributed by atoms with Crippen LogP contribution in [-0.4, -0.2) is 41.1 Å². The monoisotopic (exact) mass is 431 g/mol. The Hall–Kier alpha value is -1.11. The van der Waals surface area contributed by atoms with Gasteiger partial charge in [0.1, 0.15) is 5.82 Å². The summed E-state index contributed by atoms with van der Waals surface area (Å²) in [6, 6.07) is 10.0. The van der Waals surface area contributed by atoms with Gasteiger partial charge in [0.2, 0.25) is 0 Å². The number of halogens is 4. The number of piperazine rings is 1. The first-order valence-electron chi connectivity index (χ1n) is 8.10. The highest BCUT2D eigenvalue weighted by molar-refractivity contribution is 7.80. The average molecular weight is 433 g/mol. The van der Waals surface area contributed by atoms with Crippen LogP contribution in [-0.2, 0) is 6.54 Å². The van der Waals surface area contributed by atoms with Crippen molar-refractivity contribution in [3.05, 3.63) is 62.8 Å². The first-order valence-corrected chi connectivity index (χ1v) is 9.64. The van der Waals surface area contributed by atoms with Gasteiger partial charge in [-0.05, 0) is 42.5 Å². The van der Waals surface area contributed by atoms with E-state index in [4.69, 9.17) is 47.0 Å². The molecule has 0 saturated carbocycles. The molecule has 2 aromatic carbocycles. The average Bonchev–Trinajstić information content (AvgIpc) is 2.62. The molecular weight excluding hydrogens is 416 g/mol. The van der Waals surface area contributed by atoms with Gasteiger partial charge in [-0.1, -0.05) is 40.9 Å². The number of thiocarbonyl (C=S) groups is 1. The van der Waals surface area contributed by atoms with Crippen LogP contribution in [0.3, 0.4) is 0 Å². The molecule has 1 N–H and O–H groups in total. The Kier molecular flexibility index (Phi) is 6.59. The lowest BCUT2D eigenvalue weighted by molar-refractivity contribution is 0.177. The Bertz CT molecular complexity index is 790. The standard InChI is InChI=1S/C18H17Cl3FN3S/c19-14-2-1-3-15(20)13(14)11-24-6-8-25(9-7-24)18(26)23-12-4-5-17(22)16(21)10-12/h1-5,10H,6-9,11H2,(H,23,26). The van der Waals surface area contributed by atoms with E-state index in [9.17, 15) is 4.39 Å². The Morgan fingerprint density at radius 3 is 2.27 bits per heavy atom. The summed E-state index contributed by atoms with van der Waals surface area (Å²) in [7, 11) is 0. The quantitative estimate of drug-likeness (QED) is 0.663. The minimum atomic E-state index is -0.449. The van der Waals surface area contributed by atoms with Gasteiger partial charge in [-0.15, -0.1) is 0 Å². The van der Waals surface area contributed by atoms with E-state index in [1.165, 1.54) is 12.1 Å². The van der Waals surface area contributed by atoms with Gasteiger partial charge >= 0.3 is 0 Å². The number of anilines is 1. The molecule has 1 aliphatic heterocycles. The SMILES string of the molecule is Fc1ccc(NC(=S)N2CCN(Cc3c(Cl)cccc3Cl)CC2)cc1Cl. The molecule has 2 aromatic rings. The van der Waals surface area contributed by atoms with Crippen LogP contribution in [0.15, 0.2) is 36.4 Å². The van der Waals surface area contributed by atoms with Gasteiger partial charge in [0.25, 0.3) is 0 Å². The Balaban J connectivity index is 1.54. The molecule has 1 aliphatic rings. The molecule has 3 nitrogen and oxygen atoms in total. The molecule has 3 rings (SSSR count). The van der Waals surface area contributed by atoms with Gasteiger partial charge in [-0.2, -0.15) is 0 Å². The van der Waals surface area contributed by atoms with Gasteiger partial charge in [0.15, 0.2) is 5.11 Å². The topological polar surface area (TPSA) is 18.5 Å². The molecule has 8 heteroatoms. The zero-order chi connectivity index (χ0) is 18.7. The molecule has 0 aliphatic carbocycles. The van der Waals surface area contributed by atoms with Gasteiger partial charge < -0.3 is 10.2 Å². The van der Waals surface area contributed by atoms with Crippen LogP contribution in [0.5, 0.6) is 0 Å². The molecule has 0 aromatic heterocycles. The number of nitrogens with zero attached hydrogens (tertiary/aromatic N) is 2. The largest absolute Gasteiger partial charge is 0.346 e. The number of hydrogen-bond donors (Lipinski definition) is 1. The third kappa shape index (κ3) is 4.78. The van der Waals surface area contributed by atoms with Gasteiger partial charge in [0.05, 0.1) is 5.02 Å². The lowest BCUT2D eigenvalue weighted by atomic mass is 10.2. The van der Waals surface area contributed by atoms with Crippen molar-refractivity contribution in [2.75, 3.05) is 31.5 Å². The van der Waals surface area contributed by atoms with Crippen molar-refractivity contribution >= 4 is 57.8 Å². The van der Waals surface area contributed by atoms with E-state index in [1.54, 1.807) is 6.07 Å². The summed E-state index contributed by atoms with van der Waals surface area (Å²) in [4.78, 5) is 4.37. The number of rotatable bonds is 3. The second-order valence-corrected chi connectivity index (χ2v) is 7.63. The van der Waals surface area contributed by atoms with E-state index in [0.717, 1.165) is 31.7 Å². The summed E-state index contributed by atoms with van der Waals surface area (Å²) in [6.07, 6.45) is 0. The predicted octanol–water partition coefficient (Wildman–Crippen LogP) is 5.30. The summed E-state index contributed by atoms with van der Waals surface area (Å²) < 4.78 is 13.2. The van der Waals surface area contributed by atoms with Crippen molar-refractivity contribution in [2.45, 2.75) is 6.54 Å². The fraction of sp³-hybridized carbons (Fsp3) is 0.278. The third-order valence-corrected chi connectivity index (χ3v) is 5.63. The van der Waals surface area contributed by atoms with Crippen LogP contribution < -0.4 is 5.32 Å². The van der Waals surface area contributed by atoms with E-state index in [0.29, 0.717) is 27.4 Å². The van der Waals surface area contributed by atoms with Crippen LogP contribution in [0, 0.1) is 5.82 Å². The molecule has 1 saturated heterocycles. The highest BCUT2D eigenvalue weighted by Gasteiger charge is 2.20. The summed E-state index contributed by atoms with van der Waals surface area (Å²) in [6.45, 7) is 3.95. The predicted molar refractivity (Wildman–Crippen MR) is 111 cm³/mol. The molecule has 0 atom stereocenters. The van der Waals surface area contributed by atoms with Crippen molar-refractivity contribution in [2.24, 2.45) is 0 Å². The minimum Gasteiger partial charge on any atom is -0.346 e. The first-order chi connectivity index (χ1) is 12.4. The maximum Gasteiger partial charge on any atom is 0.173 e. The van der Waals surface area contributed by atoms with Crippen LogP contribution >= 0.6 is 47.0 Å². The lowest BCUT2D eigenvalue weighted by Crippen LogP contribution is -2.49. The van der Waals surface area contributed by atoms with Crippen LogP contribution in [0.4, 0.5) is 10.1 Å². The third-order valence-electron chi connectivity index (χ3n) is 4.27. The summed E-state index contributed by atoms with van der Waals surface area (Å²) >= 11 is 23.8. The molecule has 0 bridgehead atoms. The highest BCUT2D eigenvalue weighted by Crippen LogP contribution is 2.26. The second kappa shape index (κ2) is 8.72. The smallest absolute Gasteiger partial charge is 0.173 e. The molecule has 0 amide bonds. The molecule has 1 heterocycles. The normalized spacial score (nSPS) is 15.2. The second-order valence-electron chi connectivity index (χ2n) is 6.02. The van der Waals surface area contributed by atoms with Crippen molar-refractivity contribution in [1.29, 1.82) is 0 Å². The van der Waals surface area contributed by atoms with Crippen LogP contribution in [0.1, 0.15) is 5.56 Å². The van der Waals surface area contributed by atoms with Crippen molar-refractivity contribution in [3.8, 4) is 0 Å². The van der Waals surface area contributed by atoms with Crippen LogP contribution in [0.2, 0.25) is 15.1 Å². The lowest BCUT2D eigenvalue weighted by Gasteiger charge is -2.36. The summed E-state index contributed by atoms with van der Waals surface area (Å²) in [5.41, 5.74) is 1.62. The summed E-state index contributed by atoms with van der Waals surface area (Å²) in [5, 5.41) is 5.15. The molecular formula is C18H17Cl3FN3S. The van der Waals surface area contributed by atoms with Crippen molar-refractivity contribution in [3.63, 3.8) is 0 Å². The van der Waals surface area contributed by atoms with E-state index in [2.05, 4.69) is 15.1 Å². The first kappa shape index (κ1) is 19.6. The zero-order valence-electron chi connectivity index (χ0n) is 13.8. The highest BCUT2D eigenvalue weighted by atomic mass is 35.5. The Morgan fingerprint density at radius 1 is 1.00 bits per heavy atom. The maximum atomic E-state index is 13.2. The molecule has 138 valence electrons. The maximum absolute atomic E-state index is 13.2. The zero-order valence-corrected chi connectivity index (χ0v) is 16.9. The molecule has 26 heavy (non-hydrogen) atoms. The van der Waals surface area contributed by atoms with Gasteiger partial charge in [0, 0.05) is 54.0 Å². The van der Waals surface area contributed by atoms with E-state index < -0.39 is 5.82 Å². The molecule has 0 radical (unpaired) electrons. The molecule has 0 spiro atoms. The van der Waals surface area contributed by atoms with E-state index >= 15 is 0 Å². The van der Waals surface area contributed by atoms with Crippen LogP contribution in [0.25, 0.3) is 0 Å². The fourth-order valence-corrected chi connectivity index (χ4v) is 3.79. The number of nitrogens with one attached hydrogen (secondary N) is 1. The minimum absolute atomic E-state index is 0.0687. The Morgan fingerprint density at radius 2 is 1.65 bits per heavy atom. The van der Waals surface area contributed by atoms with Gasteiger partial charge in [-0.25, -0.2) is 4.39 Å². The number of hydrogen-bond acceptors (Lipinski definition) is 2. The van der Waals surface area contributed by atoms with E-state index in [1.807, 2.05) is 18.2 Å². The van der Waals surface area contributed by atoms with Crippen molar-refractivity contribution < 1.29 is 4.39 Å². The molecule has 1 fully saturated rings. The summed E-state index contributed by atoms with van der Waals surface area (Å²) in [5.74, 6) is -0.449. The fourth-order valence-electron chi connectivity index (χ4n) is 2.79.